The van der Waals surface area contributed by atoms with E-state index in [9.17, 15) is 14.4 Å². The molecular formula is C72H136O6. The summed E-state index contributed by atoms with van der Waals surface area (Å²) in [6.07, 6.45) is 82.2. The zero-order valence-corrected chi connectivity index (χ0v) is 53.0. The van der Waals surface area contributed by atoms with E-state index >= 15 is 0 Å². The molecule has 1 unspecified atom stereocenters. The molecule has 0 aromatic rings. The Labute approximate surface area is 487 Å². The average Bonchev–Trinajstić information content (AvgIpc) is 3.44. The number of ether oxygens (including phenoxy) is 3. The SMILES string of the molecule is CCCCC/C=C\C/C=C\CCCCCCCC(=O)OC(COC(=O)CCCCCCCCCCCCCCCCC)COC(=O)CCCCCCCCCCCCCCCCCCCCCCCCCCCCCCCC. The van der Waals surface area contributed by atoms with Crippen molar-refractivity contribution in [2.24, 2.45) is 0 Å². The number of hydrogen-bond donors (Lipinski definition) is 0. The first kappa shape index (κ1) is 75.9. The van der Waals surface area contributed by atoms with Gasteiger partial charge in [-0.15, -0.1) is 0 Å². The zero-order chi connectivity index (χ0) is 56.4. The number of carbonyl (C=O) groups excluding carboxylic acids is 3. The van der Waals surface area contributed by atoms with Crippen LogP contribution < -0.4 is 0 Å². The summed E-state index contributed by atoms with van der Waals surface area (Å²) in [4.78, 5) is 38.4. The van der Waals surface area contributed by atoms with E-state index in [1.807, 2.05) is 0 Å². The van der Waals surface area contributed by atoms with Crippen molar-refractivity contribution in [2.45, 2.75) is 406 Å². The first-order chi connectivity index (χ1) is 38.5. The second kappa shape index (κ2) is 67.4. The molecular weight excluding hydrogens is 961 g/mol. The van der Waals surface area contributed by atoms with Crippen LogP contribution in [0.15, 0.2) is 24.3 Å². The van der Waals surface area contributed by atoms with Crippen LogP contribution in [0.25, 0.3) is 0 Å². The molecule has 0 aromatic carbocycles. The van der Waals surface area contributed by atoms with E-state index in [2.05, 4.69) is 45.1 Å². The lowest BCUT2D eigenvalue weighted by molar-refractivity contribution is -0.167. The van der Waals surface area contributed by atoms with Crippen molar-refractivity contribution in [3.05, 3.63) is 24.3 Å². The van der Waals surface area contributed by atoms with E-state index in [1.165, 1.54) is 283 Å². The molecule has 0 saturated carbocycles. The van der Waals surface area contributed by atoms with Crippen LogP contribution in [0, 0.1) is 0 Å². The minimum Gasteiger partial charge on any atom is -0.462 e. The van der Waals surface area contributed by atoms with E-state index in [-0.39, 0.29) is 31.1 Å². The Morgan fingerprint density at radius 2 is 0.462 bits per heavy atom. The van der Waals surface area contributed by atoms with Gasteiger partial charge in [0.05, 0.1) is 0 Å². The molecule has 0 aliphatic heterocycles. The number of allylic oxidation sites excluding steroid dienone is 4. The molecule has 0 aromatic heterocycles. The highest BCUT2D eigenvalue weighted by Gasteiger charge is 2.19. The van der Waals surface area contributed by atoms with Crippen LogP contribution in [-0.2, 0) is 28.6 Å². The van der Waals surface area contributed by atoms with Gasteiger partial charge in [0.1, 0.15) is 13.2 Å². The van der Waals surface area contributed by atoms with Crippen LogP contribution in [0.3, 0.4) is 0 Å². The lowest BCUT2D eigenvalue weighted by Crippen LogP contribution is -2.30. The first-order valence-electron chi connectivity index (χ1n) is 35.3. The highest BCUT2D eigenvalue weighted by Crippen LogP contribution is 2.19. The van der Waals surface area contributed by atoms with Gasteiger partial charge >= 0.3 is 17.9 Å². The quantitative estimate of drug-likeness (QED) is 0.0261. The minimum absolute atomic E-state index is 0.0709. The summed E-state index contributed by atoms with van der Waals surface area (Å²) in [5.41, 5.74) is 0. The minimum atomic E-state index is -0.775. The highest BCUT2D eigenvalue weighted by molar-refractivity contribution is 5.71. The molecule has 0 N–H and O–H groups in total. The fraction of sp³-hybridized carbons (Fsp3) is 0.903. The van der Waals surface area contributed by atoms with Crippen molar-refractivity contribution >= 4 is 17.9 Å². The molecule has 0 radical (unpaired) electrons. The van der Waals surface area contributed by atoms with Gasteiger partial charge in [-0.1, -0.05) is 353 Å². The maximum Gasteiger partial charge on any atom is 0.306 e. The van der Waals surface area contributed by atoms with Crippen molar-refractivity contribution in [3.63, 3.8) is 0 Å². The molecule has 0 rings (SSSR count). The molecule has 0 aliphatic rings. The molecule has 0 saturated heterocycles. The van der Waals surface area contributed by atoms with Crippen LogP contribution in [0.4, 0.5) is 0 Å². The number of esters is 3. The molecule has 78 heavy (non-hydrogen) atoms. The van der Waals surface area contributed by atoms with Crippen molar-refractivity contribution in [2.75, 3.05) is 13.2 Å². The first-order valence-corrected chi connectivity index (χ1v) is 35.3. The molecule has 6 nitrogen and oxygen atoms in total. The van der Waals surface area contributed by atoms with Gasteiger partial charge in [0.25, 0.3) is 0 Å². The van der Waals surface area contributed by atoms with Crippen LogP contribution >= 0.6 is 0 Å². The monoisotopic (exact) mass is 1100 g/mol. The topological polar surface area (TPSA) is 78.9 Å². The molecule has 460 valence electrons. The third-order valence-corrected chi connectivity index (χ3v) is 16.2. The summed E-state index contributed by atoms with van der Waals surface area (Å²) in [6, 6.07) is 0. The van der Waals surface area contributed by atoms with Gasteiger partial charge < -0.3 is 14.2 Å². The number of hydrogen-bond acceptors (Lipinski definition) is 6. The summed E-state index contributed by atoms with van der Waals surface area (Å²) >= 11 is 0. The number of rotatable bonds is 66. The molecule has 0 aliphatic carbocycles. The largest absolute Gasteiger partial charge is 0.462 e. The van der Waals surface area contributed by atoms with E-state index in [4.69, 9.17) is 14.2 Å². The average molecular weight is 1100 g/mol. The maximum atomic E-state index is 12.9. The lowest BCUT2D eigenvalue weighted by atomic mass is 10.0. The van der Waals surface area contributed by atoms with Crippen LogP contribution in [-0.4, -0.2) is 37.2 Å². The molecule has 0 heterocycles. The second-order valence-corrected chi connectivity index (χ2v) is 24.2. The molecule has 6 heteroatoms. The van der Waals surface area contributed by atoms with Crippen molar-refractivity contribution in [3.8, 4) is 0 Å². The van der Waals surface area contributed by atoms with E-state index < -0.39 is 6.10 Å². The van der Waals surface area contributed by atoms with Crippen LogP contribution in [0.2, 0.25) is 0 Å². The molecule has 0 fully saturated rings. The van der Waals surface area contributed by atoms with Gasteiger partial charge in [0, 0.05) is 19.3 Å². The Kier molecular flexibility index (Phi) is 65.6. The highest BCUT2D eigenvalue weighted by atomic mass is 16.6. The third-order valence-electron chi connectivity index (χ3n) is 16.2. The standard InChI is InChI=1S/C72H136O6/c1-4-7-10-13-16-19-22-25-28-29-30-31-32-33-34-35-36-37-38-39-40-41-42-45-47-50-53-56-59-62-65-71(74)77-68-69(78-72(75)66-63-60-57-54-51-48-44-27-24-21-18-15-12-9-6-3)67-76-70(73)64-61-58-55-52-49-46-43-26-23-20-17-14-11-8-5-2/h18,21,27,44,69H,4-17,19-20,22-26,28-43,45-68H2,1-3H3/b21-18-,44-27-. The van der Waals surface area contributed by atoms with Crippen LogP contribution in [0.1, 0.15) is 400 Å². The summed E-state index contributed by atoms with van der Waals surface area (Å²) in [7, 11) is 0. The Bertz CT molecular complexity index is 1260. The summed E-state index contributed by atoms with van der Waals surface area (Å²) in [5, 5.41) is 0. The smallest absolute Gasteiger partial charge is 0.306 e. The van der Waals surface area contributed by atoms with E-state index in [0.717, 1.165) is 77.0 Å². The number of carbonyl (C=O) groups is 3. The second-order valence-electron chi connectivity index (χ2n) is 24.2. The fourth-order valence-electron chi connectivity index (χ4n) is 10.9. The maximum absolute atomic E-state index is 12.9. The summed E-state index contributed by atoms with van der Waals surface area (Å²) < 4.78 is 17.0. The predicted octanol–water partition coefficient (Wildman–Crippen LogP) is 24.2. The zero-order valence-electron chi connectivity index (χ0n) is 53.0. The van der Waals surface area contributed by atoms with E-state index in [1.54, 1.807) is 0 Å². The molecule has 0 bridgehead atoms. The summed E-state index contributed by atoms with van der Waals surface area (Å²) in [6.45, 7) is 6.68. The van der Waals surface area contributed by atoms with Gasteiger partial charge in [0.2, 0.25) is 0 Å². The number of unbranched alkanes of at least 4 members (excludes halogenated alkanes) is 51. The Hall–Kier alpha value is -2.11. The van der Waals surface area contributed by atoms with Gasteiger partial charge in [-0.2, -0.15) is 0 Å². The predicted molar refractivity (Wildman–Crippen MR) is 340 cm³/mol. The van der Waals surface area contributed by atoms with E-state index in [0.29, 0.717) is 19.3 Å². The van der Waals surface area contributed by atoms with Gasteiger partial charge in [0.15, 0.2) is 6.10 Å². The van der Waals surface area contributed by atoms with Crippen LogP contribution in [0.5, 0.6) is 0 Å². The fourth-order valence-corrected chi connectivity index (χ4v) is 10.9. The van der Waals surface area contributed by atoms with Gasteiger partial charge in [-0.25, -0.2) is 0 Å². The molecule has 0 amide bonds. The van der Waals surface area contributed by atoms with Crippen molar-refractivity contribution < 1.29 is 28.6 Å². The van der Waals surface area contributed by atoms with Gasteiger partial charge in [-0.05, 0) is 51.4 Å². The molecule has 0 spiro atoms. The van der Waals surface area contributed by atoms with Crippen molar-refractivity contribution in [1.82, 2.24) is 0 Å². The lowest BCUT2D eigenvalue weighted by Gasteiger charge is -2.18. The molecule has 1 atom stereocenters. The van der Waals surface area contributed by atoms with Gasteiger partial charge in [-0.3, -0.25) is 14.4 Å². The van der Waals surface area contributed by atoms with Crippen molar-refractivity contribution in [1.29, 1.82) is 0 Å². The normalized spacial score (nSPS) is 12.1. The third kappa shape index (κ3) is 64.7. The summed E-state index contributed by atoms with van der Waals surface area (Å²) in [5.74, 6) is -0.854. The Balaban J connectivity index is 4.14. The Morgan fingerprint density at radius 3 is 0.731 bits per heavy atom. The Morgan fingerprint density at radius 1 is 0.256 bits per heavy atom.